The summed E-state index contributed by atoms with van der Waals surface area (Å²) >= 11 is 3.14. The highest BCUT2D eigenvalue weighted by molar-refractivity contribution is 9.10. The largest absolute Gasteiger partial charge is 0.281 e. The number of benzene rings is 1. The van der Waals surface area contributed by atoms with Crippen LogP contribution in [0.2, 0.25) is 0 Å². The number of hydrogen-bond acceptors (Lipinski definition) is 5. The molecule has 0 aliphatic carbocycles. The Labute approximate surface area is 122 Å². The molecular formula is C10H9BrN4O4S. The van der Waals surface area contributed by atoms with Crippen LogP contribution in [-0.2, 0) is 10.0 Å². The molecule has 0 fully saturated rings. The topological polar surface area (TPSA) is 118 Å². The predicted octanol–water partition coefficient (Wildman–Crippen LogP) is 2.19. The van der Waals surface area contributed by atoms with Gasteiger partial charge in [0.05, 0.1) is 22.5 Å². The lowest BCUT2D eigenvalue weighted by Gasteiger charge is -2.08. The van der Waals surface area contributed by atoms with Crippen molar-refractivity contribution < 1.29 is 13.3 Å². The third-order valence-electron chi connectivity index (χ3n) is 2.48. The van der Waals surface area contributed by atoms with E-state index in [9.17, 15) is 18.5 Å². The van der Waals surface area contributed by atoms with Crippen molar-refractivity contribution in [3.05, 3.63) is 44.7 Å². The van der Waals surface area contributed by atoms with Gasteiger partial charge in [-0.05, 0) is 28.9 Å². The van der Waals surface area contributed by atoms with Crippen molar-refractivity contribution in [3.8, 4) is 0 Å². The molecule has 0 atom stereocenters. The fraction of sp³-hybridized carbons (Fsp3) is 0.100. The molecule has 0 spiro atoms. The number of nitro groups is 1. The number of nitro benzene ring substituents is 1. The molecule has 8 nitrogen and oxygen atoms in total. The Morgan fingerprint density at radius 2 is 2.15 bits per heavy atom. The minimum absolute atomic E-state index is 0.0177. The maximum absolute atomic E-state index is 12.2. The molecule has 2 N–H and O–H groups in total. The fourth-order valence-corrected chi connectivity index (χ4v) is 3.20. The molecule has 106 valence electrons. The first kappa shape index (κ1) is 14.5. The predicted molar refractivity (Wildman–Crippen MR) is 74.9 cm³/mol. The first-order valence-corrected chi connectivity index (χ1v) is 7.55. The maximum Gasteiger partial charge on any atom is 0.271 e. The summed E-state index contributed by atoms with van der Waals surface area (Å²) in [6, 6.07) is 3.81. The maximum atomic E-state index is 12.2. The minimum atomic E-state index is -3.86. The van der Waals surface area contributed by atoms with E-state index in [1.807, 2.05) is 0 Å². The molecule has 20 heavy (non-hydrogen) atoms. The first-order valence-electron chi connectivity index (χ1n) is 5.28. The van der Waals surface area contributed by atoms with Crippen LogP contribution in [0.15, 0.2) is 33.8 Å². The second kappa shape index (κ2) is 5.21. The van der Waals surface area contributed by atoms with Gasteiger partial charge in [0.15, 0.2) is 0 Å². The van der Waals surface area contributed by atoms with Crippen molar-refractivity contribution in [2.24, 2.45) is 0 Å². The summed E-state index contributed by atoms with van der Waals surface area (Å²) in [6.07, 6.45) is 1.17. The molecule has 1 heterocycles. The number of nitrogens with zero attached hydrogens (tertiary/aromatic N) is 2. The van der Waals surface area contributed by atoms with Crippen molar-refractivity contribution in [1.82, 2.24) is 10.2 Å². The van der Waals surface area contributed by atoms with E-state index in [0.717, 1.165) is 6.07 Å². The number of hydrogen-bond donors (Lipinski definition) is 2. The lowest BCUT2D eigenvalue weighted by atomic mass is 10.3. The quantitative estimate of drug-likeness (QED) is 0.639. The number of aromatic nitrogens is 2. The van der Waals surface area contributed by atoms with E-state index in [-0.39, 0.29) is 16.3 Å². The third kappa shape index (κ3) is 2.80. The van der Waals surface area contributed by atoms with Crippen LogP contribution in [0.25, 0.3) is 0 Å². The summed E-state index contributed by atoms with van der Waals surface area (Å²) in [5.41, 5.74) is 0.244. The fourth-order valence-electron chi connectivity index (χ4n) is 1.52. The minimum Gasteiger partial charge on any atom is -0.281 e. The van der Waals surface area contributed by atoms with Gasteiger partial charge in [0.1, 0.15) is 4.90 Å². The smallest absolute Gasteiger partial charge is 0.271 e. The third-order valence-corrected chi connectivity index (χ3v) is 4.65. The number of H-pyrrole nitrogens is 1. The van der Waals surface area contributed by atoms with Crippen LogP contribution in [0.5, 0.6) is 0 Å². The van der Waals surface area contributed by atoms with Crippen LogP contribution < -0.4 is 4.72 Å². The zero-order valence-electron chi connectivity index (χ0n) is 10.1. The monoisotopic (exact) mass is 360 g/mol. The summed E-state index contributed by atoms with van der Waals surface area (Å²) in [7, 11) is -3.86. The van der Waals surface area contributed by atoms with Crippen LogP contribution in [0.1, 0.15) is 5.69 Å². The van der Waals surface area contributed by atoms with Crippen LogP contribution in [0, 0.1) is 17.0 Å². The summed E-state index contributed by atoms with van der Waals surface area (Å²) in [4.78, 5) is 10.1. The lowest BCUT2D eigenvalue weighted by molar-refractivity contribution is -0.384. The zero-order valence-corrected chi connectivity index (χ0v) is 12.5. The van der Waals surface area contributed by atoms with E-state index in [4.69, 9.17) is 0 Å². The molecule has 0 unspecified atom stereocenters. The second-order valence-electron chi connectivity index (χ2n) is 3.89. The van der Waals surface area contributed by atoms with Gasteiger partial charge >= 0.3 is 0 Å². The Bertz CT molecular complexity index is 771. The van der Waals surface area contributed by atoms with E-state index < -0.39 is 14.9 Å². The molecule has 0 saturated heterocycles. The summed E-state index contributed by atoms with van der Waals surface area (Å²) in [5.74, 6) is 0. The summed E-state index contributed by atoms with van der Waals surface area (Å²) in [6.45, 7) is 1.56. The Hall–Kier alpha value is -1.94. The second-order valence-corrected chi connectivity index (χ2v) is 6.39. The van der Waals surface area contributed by atoms with Crippen molar-refractivity contribution in [1.29, 1.82) is 0 Å². The molecule has 2 rings (SSSR count). The number of anilines is 1. The number of aromatic amines is 1. The molecule has 0 saturated carbocycles. The Kier molecular flexibility index (Phi) is 3.77. The molecule has 1 aromatic heterocycles. The van der Waals surface area contributed by atoms with Crippen LogP contribution in [-0.4, -0.2) is 23.5 Å². The van der Waals surface area contributed by atoms with Crippen LogP contribution in [0.4, 0.5) is 11.4 Å². The number of halogens is 1. The van der Waals surface area contributed by atoms with Gasteiger partial charge in [0, 0.05) is 16.6 Å². The molecule has 0 aliphatic heterocycles. The normalized spacial score (nSPS) is 11.3. The Balaban J connectivity index is 2.42. The number of nitrogens with one attached hydrogen (secondary N) is 2. The van der Waals surface area contributed by atoms with E-state index >= 15 is 0 Å². The highest BCUT2D eigenvalue weighted by Crippen LogP contribution is 2.29. The molecule has 1 aromatic carbocycles. The molecule has 0 bridgehead atoms. The Morgan fingerprint density at radius 3 is 2.70 bits per heavy atom. The van der Waals surface area contributed by atoms with Gasteiger partial charge in [0.2, 0.25) is 0 Å². The summed E-state index contributed by atoms with van der Waals surface area (Å²) < 4.78 is 27.0. The summed E-state index contributed by atoms with van der Waals surface area (Å²) in [5, 5.41) is 16.9. The zero-order chi connectivity index (χ0) is 14.9. The number of sulfonamides is 1. The van der Waals surface area contributed by atoms with E-state index in [0.29, 0.717) is 10.2 Å². The van der Waals surface area contributed by atoms with Gasteiger partial charge in [0.25, 0.3) is 15.7 Å². The van der Waals surface area contributed by atoms with Gasteiger partial charge in [-0.1, -0.05) is 0 Å². The van der Waals surface area contributed by atoms with E-state index in [1.54, 1.807) is 6.92 Å². The highest BCUT2D eigenvalue weighted by Gasteiger charge is 2.21. The molecular weight excluding hydrogens is 352 g/mol. The van der Waals surface area contributed by atoms with Crippen molar-refractivity contribution >= 4 is 37.3 Å². The molecule has 0 radical (unpaired) electrons. The van der Waals surface area contributed by atoms with Gasteiger partial charge in [-0.3, -0.25) is 19.9 Å². The molecule has 0 amide bonds. The highest BCUT2D eigenvalue weighted by atomic mass is 79.9. The number of non-ortho nitro benzene ring substituents is 1. The van der Waals surface area contributed by atoms with Crippen LogP contribution >= 0.6 is 15.9 Å². The van der Waals surface area contributed by atoms with Crippen LogP contribution in [0.3, 0.4) is 0 Å². The van der Waals surface area contributed by atoms with Gasteiger partial charge in [-0.25, -0.2) is 8.42 Å². The standard InChI is InChI=1S/C10H9BrN4O4S/c1-6-10(5-12-13-6)20(18,19)14-9-4-7(15(16)17)2-3-8(9)11/h2-5,14H,1H3,(H,12,13). The van der Waals surface area contributed by atoms with Crippen molar-refractivity contribution in [3.63, 3.8) is 0 Å². The number of aryl methyl sites for hydroxylation is 1. The van der Waals surface area contributed by atoms with Gasteiger partial charge < -0.3 is 0 Å². The van der Waals surface area contributed by atoms with Crippen molar-refractivity contribution in [2.75, 3.05) is 4.72 Å². The Morgan fingerprint density at radius 1 is 1.45 bits per heavy atom. The molecule has 2 aromatic rings. The average Bonchev–Trinajstić information content (AvgIpc) is 2.78. The van der Waals surface area contributed by atoms with E-state index in [1.165, 1.54) is 18.3 Å². The molecule has 0 aliphatic rings. The number of rotatable bonds is 4. The van der Waals surface area contributed by atoms with Gasteiger partial charge in [-0.2, -0.15) is 5.10 Å². The van der Waals surface area contributed by atoms with Crippen molar-refractivity contribution in [2.45, 2.75) is 11.8 Å². The van der Waals surface area contributed by atoms with E-state index in [2.05, 4.69) is 30.8 Å². The molecule has 10 heteroatoms. The SMILES string of the molecule is Cc1[nH]ncc1S(=O)(=O)Nc1cc([N+](=O)[O-])ccc1Br. The first-order chi connectivity index (χ1) is 9.31. The van der Waals surface area contributed by atoms with Gasteiger partial charge in [-0.15, -0.1) is 0 Å². The average molecular weight is 361 g/mol. The lowest BCUT2D eigenvalue weighted by Crippen LogP contribution is -2.14.